The number of piperidine rings is 1. The minimum atomic E-state index is -1.49. The largest absolute Gasteiger partial charge is 0.365 e. The Morgan fingerprint density at radius 3 is 2.33 bits per heavy atom. The van der Waals surface area contributed by atoms with Gasteiger partial charge in [0.2, 0.25) is 0 Å². The maximum absolute atomic E-state index is 6.03. The zero-order valence-electron chi connectivity index (χ0n) is 15.8. The Balaban J connectivity index is 2.27. The fourth-order valence-corrected chi connectivity index (χ4v) is 4.05. The Bertz CT molecular complexity index is 652. The van der Waals surface area contributed by atoms with Crippen molar-refractivity contribution < 1.29 is 0 Å². The van der Waals surface area contributed by atoms with Gasteiger partial charge in [-0.2, -0.15) is 0 Å². The summed E-state index contributed by atoms with van der Waals surface area (Å²) in [5, 5.41) is 7.64. The van der Waals surface area contributed by atoms with Crippen molar-refractivity contribution in [1.82, 2.24) is 15.3 Å². The highest BCUT2D eigenvalue weighted by atomic mass is 35.5. The van der Waals surface area contributed by atoms with Crippen LogP contribution in [-0.2, 0) is 0 Å². The third-order valence-corrected chi connectivity index (χ3v) is 4.89. The smallest absolute Gasteiger partial charge is 0.161 e. The highest BCUT2D eigenvalue weighted by Crippen LogP contribution is 2.30. The molecule has 0 aliphatic carbocycles. The molecule has 1 fully saturated rings. The fourth-order valence-electron chi connectivity index (χ4n) is 3.42. The summed E-state index contributed by atoms with van der Waals surface area (Å²) in [6, 6.07) is 0.319. The van der Waals surface area contributed by atoms with Gasteiger partial charge in [-0.1, -0.05) is 37.2 Å². The van der Waals surface area contributed by atoms with Crippen molar-refractivity contribution in [3.05, 3.63) is 17.0 Å². The van der Waals surface area contributed by atoms with E-state index in [1.54, 1.807) is 6.20 Å². The average molecular weight is 365 g/mol. The first-order chi connectivity index (χ1) is 10.9. The van der Waals surface area contributed by atoms with Gasteiger partial charge in [0.1, 0.15) is 13.2 Å². The molecule has 2 N–H and O–H groups in total. The van der Waals surface area contributed by atoms with E-state index < -0.39 is 8.07 Å². The first-order valence-corrected chi connectivity index (χ1v) is 12.3. The lowest BCUT2D eigenvalue weighted by Crippen LogP contribution is -2.60. The number of anilines is 1. The lowest BCUT2D eigenvalue weighted by Gasteiger charge is -2.46. The van der Waals surface area contributed by atoms with Gasteiger partial charge in [0.15, 0.2) is 11.5 Å². The van der Waals surface area contributed by atoms with Gasteiger partial charge in [-0.25, -0.2) is 9.97 Å². The van der Waals surface area contributed by atoms with Crippen LogP contribution in [0.2, 0.25) is 24.8 Å². The summed E-state index contributed by atoms with van der Waals surface area (Å²) < 4.78 is 0. The van der Waals surface area contributed by atoms with Crippen LogP contribution >= 0.6 is 11.6 Å². The second-order valence-electron chi connectivity index (χ2n) is 9.03. The molecule has 132 valence electrons. The molecule has 0 atom stereocenters. The number of aromatic nitrogens is 2. The minimum absolute atomic E-state index is 0.0729. The molecule has 0 saturated carbocycles. The number of nitrogens with zero attached hydrogens (tertiary/aromatic N) is 2. The average Bonchev–Trinajstić information content (AvgIpc) is 2.34. The summed E-state index contributed by atoms with van der Waals surface area (Å²) in [6.45, 7) is 15.6. The normalized spacial score (nSPS) is 20.2. The van der Waals surface area contributed by atoms with Crippen LogP contribution in [0.15, 0.2) is 6.20 Å². The Morgan fingerprint density at radius 1 is 1.21 bits per heavy atom. The van der Waals surface area contributed by atoms with Crippen LogP contribution in [0.4, 0.5) is 5.82 Å². The van der Waals surface area contributed by atoms with Crippen LogP contribution in [-0.4, -0.2) is 35.2 Å². The van der Waals surface area contributed by atoms with Crippen LogP contribution in [0.5, 0.6) is 0 Å². The number of rotatable bonds is 2. The van der Waals surface area contributed by atoms with Crippen molar-refractivity contribution in [1.29, 1.82) is 0 Å². The number of halogens is 1. The zero-order valence-corrected chi connectivity index (χ0v) is 17.6. The molecular formula is C18H29ClN4Si. The Labute approximate surface area is 152 Å². The van der Waals surface area contributed by atoms with E-state index in [0.717, 1.165) is 18.7 Å². The standard InChI is InChI=1S/C18H29ClN4Si/c1-17(2)10-13(11-18(3,4)23-17)21-16-14(8-9-24(5,6)7)22-15(19)12-20-16/h12-13,23H,10-11H2,1-7H3,(H,20,21). The van der Waals surface area contributed by atoms with Gasteiger partial charge in [-0.15, -0.1) is 5.54 Å². The maximum atomic E-state index is 6.03. The summed E-state index contributed by atoms with van der Waals surface area (Å²) >= 11 is 6.03. The Kier molecular flexibility index (Phi) is 5.34. The van der Waals surface area contributed by atoms with Crippen molar-refractivity contribution in [3.63, 3.8) is 0 Å². The Morgan fingerprint density at radius 2 is 1.79 bits per heavy atom. The van der Waals surface area contributed by atoms with E-state index in [1.165, 1.54) is 0 Å². The van der Waals surface area contributed by atoms with Crippen molar-refractivity contribution in [2.24, 2.45) is 0 Å². The zero-order chi connectivity index (χ0) is 18.2. The molecule has 4 nitrogen and oxygen atoms in total. The van der Waals surface area contributed by atoms with Crippen LogP contribution in [0, 0.1) is 11.5 Å². The van der Waals surface area contributed by atoms with Crippen LogP contribution in [0.3, 0.4) is 0 Å². The quantitative estimate of drug-likeness (QED) is 0.613. The molecule has 0 unspecified atom stereocenters. The predicted molar refractivity (Wildman–Crippen MR) is 105 cm³/mol. The minimum Gasteiger partial charge on any atom is -0.365 e. The molecule has 1 aliphatic rings. The lowest BCUT2D eigenvalue weighted by molar-refractivity contribution is 0.170. The van der Waals surface area contributed by atoms with Crippen molar-refractivity contribution >= 4 is 25.5 Å². The third kappa shape index (κ3) is 5.77. The van der Waals surface area contributed by atoms with Gasteiger partial charge in [0.05, 0.1) is 6.20 Å². The van der Waals surface area contributed by atoms with Crippen LogP contribution in [0.1, 0.15) is 46.2 Å². The molecule has 1 aromatic heterocycles. The van der Waals surface area contributed by atoms with Crippen LogP contribution < -0.4 is 10.6 Å². The van der Waals surface area contributed by atoms with E-state index in [4.69, 9.17) is 11.6 Å². The van der Waals surface area contributed by atoms with Gasteiger partial charge < -0.3 is 10.6 Å². The molecule has 1 aromatic rings. The highest BCUT2D eigenvalue weighted by Gasteiger charge is 2.37. The van der Waals surface area contributed by atoms with Crippen molar-refractivity contribution in [2.75, 3.05) is 5.32 Å². The molecule has 0 radical (unpaired) electrons. The van der Waals surface area contributed by atoms with E-state index in [0.29, 0.717) is 16.9 Å². The topological polar surface area (TPSA) is 49.8 Å². The maximum Gasteiger partial charge on any atom is 0.161 e. The van der Waals surface area contributed by atoms with Gasteiger partial charge in [-0.3, -0.25) is 0 Å². The summed E-state index contributed by atoms with van der Waals surface area (Å²) in [7, 11) is -1.49. The molecule has 2 heterocycles. The molecule has 1 aliphatic heterocycles. The van der Waals surface area contributed by atoms with E-state index >= 15 is 0 Å². The fraction of sp³-hybridized carbons (Fsp3) is 0.667. The van der Waals surface area contributed by atoms with E-state index in [2.05, 4.69) is 79.4 Å². The van der Waals surface area contributed by atoms with Gasteiger partial charge in [0, 0.05) is 17.1 Å². The van der Waals surface area contributed by atoms with Crippen molar-refractivity contribution in [2.45, 2.75) is 77.3 Å². The SMILES string of the molecule is CC1(C)CC(Nc2ncc(Cl)nc2C#C[Si](C)(C)C)CC(C)(C)N1. The number of hydrogen-bond acceptors (Lipinski definition) is 4. The molecule has 0 spiro atoms. The third-order valence-electron chi connectivity index (χ3n) is 3.83. The molecule has 24 heavy (non-hydrogen) atoms. The summed E-state index contributed by atoms with van der Waals surface area (Å²) in [4.78, 5) is 8.84. The second-order valence-corrected chi connectivity index (χ2v) is 14.2. The molecule has 0 amide bonds. The lowest BCUT2D eigenvalue weighted by atomic mass is 9.79. The molecular weight excluding hydrogens is 336 g/mol. The van der Waals surface area contributed by atoms with E-state index in [9.17, 15) is 0 Å². The Hall–Kier alpha value is -1.09. The van der Waals surface area contributed by atoms with E-state index in [-0.39, 0.29) is 11.1 Å². The summed E-state index contributed by atoms with van der Waals surface area (Å²) in [5.74, 6) is 3.94. The second kappa shape index (κ2) is 6.66. The van der Waals surface area contributed by atoms with E-state index in [1.807, 2.05) is 0 Å². The highest BCUT2D eigenvalue weighted by molar-refractivity contribution is 6.83. The molecule has 2 rings (SSSR count). The first kappa shape index (κ1) is 19.2. The first-order valence-electron chi connectivity index (χ1n) is 8.47. The van der Waals surface area contributed by atoms with Crippen LogP contribution in [0.25, 0.3) is 0 Å². The summed E-state index contributed by atoms with van der Waals surface area (Å²) in [6.07, 6.45) is 3.62. The molecule has 6 heteroatoms. The molecule has 0 aromatic carbocycles. The summed E-state index contributed by atoms with van der Waals surface area (Å²) in [5.41, 5.74) is 4.15. The molecule has 1 saturated heterocycles. The number of nitrogens with one attached hydrogen (secondary N) is 2. The number of hydrogen-bond donors (Lipinski definition) is 2. The van der Waals surface area contributed by atoms with Crippen molar-refractivity contribution in [3.8, 4) is 11.5 Å². The van der Waals surface area contributed by atoms with Gasteiger partial charge >= 0.3 is 0 Å². The monoisotopic (exact) mass is 364 g/mol. The molecule has 0 bridgehead atoms. The van der Waals surface area contributed by atoms with Gasteiger partial charge in [-0.05, 0) is 40.5 Å². The predicted octanol–water partition coefficient (Wildman–Crippen LogP) is 4.08. The van der Waals surface area contributed by atoms with Gasteiger partial charge in [0.25, 0.3) is 0 Å².